The summed E-state index contributed by atoms with van der Waals surface area (Å²) in [4.78, 5) is 10.7. The Morgan fingerprint density at radius 3 is 2.90 bits per heavy atom. The highest BCUT2D eigenvalue weighted by atomic mass is 16.4. The smallest absolute Gasteiger partial charge is 0.192 e. The Hall–Kier alpha value is -2.63. The van der Waals surface area contributed by atoms with Crippen LogP contribution in [0.25, 0.3) is 0 Å². The fourth-order valence-electron chi connectivity index (χ4n) is 2.75. The minimum Gasteiger partial charge on any atom is -0.409 e. The Labute approximate surface area is 122 Å². The molecule has 21 heavy (non-hydrogen) atoms. The van der Waals surface area contributed by atoms with E-state index in [1.807, 2.05) is 12.1 Å². The maximum atomic E-state index is 8.93. The molecule has 6 heteroatoms. The SMILES string of the molecule is CC1Cc2ccccc2N(c2nccnc2C(N)=NO)C1. The Kier molecular flexibility index (Phi) is 3.43. The van der Waals surface area contributed by atoms with Crippen LogP contribution >= 0.6 is 0 Å². The van der Waals surface area contributed by atoms with Crippen molar-refractivity contribution in [2.75, 3.05) is 11.4 Å². The van der Waals surface area contributed by atoms with Crippen molar-refractivity contribution >= 4 is 17.3 Å². The van der Waals surface area contributed by atoms with E-state index in [9.17, 15) is 0 Å². The molecule has 1 aromatic heterocycles. The number of aromatic nitrogens is 2. The number of anilines is 2. The lowest BCUT2D eigenvalue weighted by molar-refractivity contribution is 0.318. The van der Waals surface area contributed by atoms with Crippen LogP contribution in [0.2, 0.25) is 0 Å². The lowest BCUT2D eigenvalue weighted by Gasteiger charge is -2.34. The first-order valence-corrected chi connectivity index (χ1v) is 6.85. The van der Waals surface area contributed by atoms with E-state index in [4.69, 9.17) is 10.9 Å². The standard InChI is InChI=1S/C15H17N5O/c1-10-8-11-4-2-3-5-12(11)20(9-10)15-13(14(16)19-21)17-6-7-18-15/h2-7,10,21H,8-9H2,1H3,(H2,16,19). The lowest BCUT2D eigenvalue weighted by Crippen LogP contribution is -2.33. The van der Waals surface area contributed by atoms with Gasteiger partial charge in [-0.15, -0.1) is 0 Å². The number of para-hydroxylation sites is 1. The second kappa shape index (κ2) is 5.40. The number of hydrogen-bond acceptors (Lipinski definition) is 5. The summed E-state index contributed by atoms with van der Waals surface area (Å²) >= 11 is 0. The zero-order valence-electron chi connectivity index (χ0n) is 11.8. The van der Waals surface area contributed by atoms with E-state index in [-0.39, 0.29) is 5.84 Å². The minimum absolute atomic E-state index is 0.0335. The maximum absolute atomic E-state index is 8.93. The average Bonchev–Trinajstić information content (AvgIpc) is 2.53. The second-order valence-electron chi connectivity index (χ2n) is 5.26. The summed E-state index contributed by atoms with van der Waals surface area (Å²) in [5, 5.41) is 12.0. The van der Waals surface area contributed by atoms with Crippen LogP contribution in [0, 0.1) is 5.92 Å². The molecule has 0 fully saturated rings. The van der Waals surface area contributed by atoms with E-state index in [1.54, 1.807) is 6.20 Å². The van der Waals surface area contributed by atoms with Gasteiger partial charge in [-0.25, -0.2) is 9.97 Å². The van der Waals surface area contributed by atoms with Gasteiger partial charge in [0.25, 0.3) is 0 Å². The summed E-state index contributed by atoms with van der Waals surface area (Å²) in [6.07, 6.45) is 4.19. The van der Waals surface area contributed by atoms with E-state index in [1.165, 1.54) is 11.8 Å². The monoisotopic (exact) mass is 283 g/mol. The van der Waals surface area contributed by atoms with E-state index >= 15 is 0 Å². The molecule has 0 aliphatic carbocycles. The molecule has 6 nitrogen and oxygen atoms in total. The number of amidine groups is 1. The van der Waals surface area contributed by atoms with Gasteiger partial charge >= 0.3 is 0 Å². The van der Waals surface area contributed by atoms with Gasteiger partial charge in [0.15, 0.2) is 17.3 Å². The third-order valence-electron chi connectivity index (χ3n) is 3.63. The molecule has 3 N–H and O–H groups in total. The Bertz CT molecular complexity index is 685. The van der Waals surface area contributed by atoms with Crippen LogP contribution in [0.3, 0.4) is 0 Å². The predicted octanol–water partition coefficient (Wildman–Crippen LogP) is 1.90. The van der Waals surface area contributed by atoms with Gasteiger partial charge in [-0.3, -0.25) is 0 Å². The lowest BCUT2D eigenvalue weighted by atomic mass is 9.94. The zero-order valence-corrected chi connectivity index (χ0v) is 11.8. The Morgan fingerprint density at radius 1 is 1.33 bits per heavy atom. The summed E-state index contributed by atoms with van der Waals surface area (Å²) in [5.41, 5.74) is 8.49. The molecule has 108 valence electrons. The van der Waals surface area contributed by atoms with Crippen LogP contribution in [-0.2, 0) is 6.42 Å². The normalized spacial score (nSPS) is 18.4. The van der Waals surface area contributed by atoms with Gasteiger partial charge in [-0.05, 0) is 24.0 Å². The first-order valence-electron chi connectivity index (χ1n) is 6.85. The predicted molar refractivity (Wildman–Crippen MR) is 80.9 cm³/mol. The summed E-state index contributed by atoms with van der Waals surface area (Å²) in [6.45, 7) is 3.02. The highest BCUT2D eigenvalue weighted by molar-refractivity contribution is 6.00. The van der Waals surface area contributed by atoms with Crippen molar-refractivity contribution in [2.45, 2.75) is 13.3 Å². The van der Waals surface area contributed by atoms with Crippen molar-refractivity contribution in [1.29, 1.82) is 0 Å². The van der Waals surface area contributed by atoms with Gasteiger partial charge in [0, 0.05) is 24.6 Å². The van der Waals surface area contributed by atoms with Crippen LogP contribution in [-0.4, -0.2) is 27.6 Å². The molecule has 1 aliphatic heterocycles. The summed E-state index contributed by atoms with van der Waals surface area (Å²) in [7, 11) is 0. The molecule has 1 aromatic carbocycles. The second-order valence-corrected chi connectivity index (χ2v) is 5.26. The number of rotatable bonds is 2. The molecule has 0 bridgehead atoms. The van der Waals surface area contributed by atoms with Gasteiger partial charge < -0.3 is 15.8 Å². The Balaban J connectivity index is 2.13. The number of benzene rings is 1. The first-order chi connectivity index (χ1) is 10.2. The topological polar surface area (TPSA) is 87.6 Å². The fourth-order valence-corrected chi connectivity index (χ4v) is 2.75. The molecule has 0 saturated heterocycles. The van der Waals surface area contributed by atoms with Gasteiger partial charge in [-0.1, -0.05) is 30.3 Å². The average molecular weight is 283 g/mol. The number of oxime groups is 1. The van der Waals surface area contributed by atoms with E-state index < -0.39 is 0 Å². The molecule has 0 radical (unpaired) electrons. The van der Waals surface area contributed by atoms with Crippen molar-refractivity contribution in [1.82, 2.24) is 9.97 Å². The van der Waals surface area contributed by atoms with Gasteiger partial charge in [0.05, 0.1) is 0 Å². The van der Waals surface area contributed by atoms with Crippen LogP contribution in [0.4, 0.5) is 11.5 Å². The zero-order chi connectivity index (χ0) is 14.8. The van der Waals surface area contributed by atoms with Gasteiger partial charge in [0.1, 0.15) is 0 Å². The summed E-state index contributed by atoms with van der Waals surface area (Å²) < 4.78 is 0. The maximum Gasteiger partial charge on any atom is 0.192 e. The quantitative estimate of drug-likeness (QED) is 0.380. The molecule has 2 aromatic rings. The van der Waals surface area contributed by atoms with E-state index in [0.717, 1.165) is 18.7 Å². The molecule has 0 amide bonds. The molecule has 0 saturated carbocycles. The Morgan fingerprint density at radius 2 is 2.10 bits per heavy atom. The van der Waals surface area contributed by atoms with Crippen LogP contribution in [0.15, 0.2) is 41.8 Å². The molecule has 1 atom stereocenters. The largest absolute Gasteiger partial charge is 0.409 e. The summed E-state index contributed by atoms with van der Waals surface area (Å²) in [5.74, 6) is 1.07. The molecule has 0 spiro atoms. The highest BCUT2D eigenvalue weighted by Gasteiger charge is 2.26. The number of fused-ring (bicyclic) bond motifs is 1. The van der Waals surface area contributed by atoms with Crippen molar-refractivity contribution in [3.8, 4) is 0 Å². The molecule has 1 aliphatic rings. The van der Waals surface area contributed by atoms with Crippen molar-refractivity contribution < 1.29 is 5.21 Å². The minimum atomic E-state index is -0.0335. The molecule has 1 unspecified atom stereocenters. The van der Waals surface area contributed by atoms with Crippen molar-refractivity contribution in [3.05, 3.63) is 47.9 Å². The molecule has 2 heterocycles. The number of hydrogen-bond donors (Lipinski definition) is 2. The first kappa shape index (κ1) is 13.4. The third-order valence-corrected chi connectivity index (χ3v) is 3.63. The third kappa shape index (κ3) is 2.40. The van der Waals surface area contributed by atoms with Gasteiger partial charge in [0.2, 0.25) is 0 Å². The van der Waals surface area contributed by atoms with Crippen molar-refractivity contribution in [3.63, 3.8) is 0 Å². The van der Waals surface area contributed by atoms with Crippen LogP contribution in [0.1, 0.15) is 18.2 Å². The van der Waals surface area contributed by atoms with E-state index in [2.05, 4.69) is 39.1 Å². The van der Waals surface area contributed by atoms with E-state index in [0.29, 0.717) is 17.4 Å². The van der Waals surface area contributed by atoms with Crippen LogP contribution in [0.5, 0.6) is 0 Å². The summed E-state index contributed by atoms with van der Waals surface area (Å²) in [6, 6.07) is 8.22. The molecule has 3 rings (SSSR count). The number of nitrogens with zero attached hydrogens (tertiary/aromatic N) is 4. The molecular weight excluding hydrogens is 266 g/mol. The van der Waals surface area contributed by atoms with Crippen molar-refractivity contribution in [2.24, 2.45) is 16.8 Å². The highest BCUT2D eigenvalue weighted by Crippen LogP contribution is 2.35. The van der Waals surface area contributed by atoms with Crippen LogP contribution < -0.4 is 10.6 Å². The fraction of sp³-hybridized carbons (Fsp3) is 0.267. The van der Waals surface area contributed by atoms with Gasteiger partial charge in [-0.2, -0.15) is 0 Å². The number of nitrogens with two attached hydrogens (primary N) is 1. The molecular formula is C15H17N5O.